The highest BCUT2D eigenvalue weighted by molar-refractivity contribution is 5.59. The lowest BCUT2D eigenvalue weighted by molar-refractivity contribution is -0.113. The van der Waals surface area contributed by atoms with Crippen LogP contribution in [-0.4, -0.2) is 37.5 Å². The number of phenols is 1. The first-order valence-electron chi connectivity index (χ1n) is 15.6. The third-order valence-electron chi connectivity index (χ3n) is 9.68. The highest BCUT2D eigenvalue weighted by Crippen LogP contribution is 2.50. The molecule has 0 radical (unpaired) electrons. The minimum atomic E-state index is -0.199. The predicted octanol–water partition coefficient (Wildman–Crippen LogP) is 8.60. The van der Waals surface area contributed by atoms with Gasteiger partial charge in [-0.25, -0.2) is 4.39 Å². The van der Waals surface area contributed by atoms with E-state index >= 15 is 4.39 Å². The van der Waals surface area contributed by atoms with Gasteiger partial charge < -0.3 is 19.5 Å². The number of aromatic hydroxyl groups is 1. The van der Waals surface area contributed by atoms with E-state index in [1.54, 1.807) is 19.2 Å². The Kier molecular flexibility index (Phi) is 9.23. The van der Waals surface area contributed by atoms with E-state index < -0.39 is 0 Å². The Labute approximate surface area is 245 Å². The third-order valence-corrected chi connectivity index (χ3v) is 9.68. The molecule has 4 nitrogen and oxygen atoms in total. The minimum absolute atomic E-state index is 0.0387. The molecule has 0 amide bonds. The Morgan fingerprint density at radius 2 is 1.73 bits per heavy atom. The highest BCUT2D eigenvalue weighted by atomic mass is 19.1. The summed E-state index contributed by atoms with van der Waals surface area (Å²) in [5.74, 6) is 1.59. The fourth-order valence-corrected chi connectivity index (χ4v) is 7.26. The summed E-state index contributed by atoms with van der Waals surface area (Å²) in [6, 6.07) is 19.7. The first kappa shape index (κ1) is 29.4. The summed E-state index contributed by atoms with van der Waals surface area (Å²) in [4.78, 5) is 2.17. The number of piperidine rings is 1. The summed E-state index contributed by atoms with van der Waals surface area (Å²) in [6.45, 7) is 8.67. The van der Waals surface area contributed by atoms with Gasteiger partial charge in [0.2, 0.25) is 0 Å². The summed E-state index contributed by atoms with van der Waals surface area (Å²) in [7, 11) is 1.68. The van der Waals surface area contributed by atoms with Crippen LogP contribution in [0.25, 0.3) is 0 Å². The van der Waals surface area contributed by atoms with Crippen LogP contribution in [0.5, 0.6) is 11.5 Å². The molecule has 3 atom stereocenters. The number of benzene rings is 3. The van der Waals surface area contributed by atoms with Gasteiger partial charge in [-0.15, -0.1) is 0 Å². The van der Waals surface area contributed by atoms with Crippen molar-refractivity contribution in [2.45, 2.75) is 83.2 Å². The van der Waals surface area contributed by atoms with Crippen LogP contribution in [-0.2, 0) is 11.2 Å². The van der Waals surface area contributed by atoms with Crippen molar-refractivity contribution in [3.63, 3.8) is 0 Å². The Morgan fingerprint density at radius 3 is 2.39 bits per heavy atom. The van der Waals surface area contributed by atoms with Crippen LogP contribution in [0.3, 0.4) is 0 Å². The van der Waals surface area contributed by atoms with E-state index in [0.717, 1.165) is 74.2 Å². The van der Waals surface area contributed by atoms with E-state index in [1.165, 1.54) is 18.4 Å². The molecule has 3 aromatic rings. The van der Waals surface area contributed by atoms with Crippen LogP contribution in [0.1, 0.15) is 93.4 Å². The van der Waals surface area contributed by atoms with E-state index in [1.807, 2.05) is 38.1 Å². The van der Waals surface area contributed by atoms with Gasteiger partial charge in [-0.05, 0) is 85.3 Å². The largest absolute Gasteiger partial charge is 0.508 e. The summed E-state index contributed by atoms with van der Waals surface area (Å²) >= 11 is 0. The van der Waals surface area contributed by atoms with Gasteiger partial charge in [-0.1, -0.05) is 63.6 Å². The van der Waals surface area contributed by atoms with E-state index in [-0.39, 0.29) is 29.0 Å². The van der Waals surface area contributed by atoms with Gasteiger partial charge in [0.1, 0.15) is 17.3 Å². The maximum Gasteiger partial charge on any atom is 0.147 e. The van der Waals surface area contributed by atoms with Crippen molar-refractivity contribution in [1.82, 2.24) is 0 Å². The summed E-state index contributed by atoms with van der Waals surface area (Å²) in [5.41, 5.74) is 4.95. The summed E-state index contributed by atoms with van der Waals surface area (Å²) in [6.07, 6.45) is 7.19. The number of methoxy groups -OCH3 is 1. The number of anilines is 1. The Morgan fingerprint density at radius 1 is 0.976 bits per heavy atom. The molecule has 2 fully saturated rings. The standard InChI is InChI=1S/C34H40FNO3.C2H6/c1-3-23-13-14-34(39-22-23)15-17-36(18-16-34)31-21-32(38-2)29(20-30(31)35)33-27(24-7-5-4-6-8-24)11-9-25-19-26(37)10-12-28(25)33;1-2/h4-8,10,12,19-21,23,27,33,37H,3,9,11,13-18,22H2,1-2H3;1-2H3/t23-,27?,33?;/m1./s1. The van der Waals surface area contributed by atoms with Crippen LogP contribution >= 0.6 is 0 Å². The van der Waals surface area contributed by atoms with Crippen molar-refractivity contribution in [2.75, 3.05) is 31.7 Å². The van der Waals surface area contributed by atoms with E-state index in [4.69, 9.17) is 9.47 Å². The maximum absolute atomic E-state index is 16.0. The molecule has 3 aromatic carbocycles. The second-order valence-electron chi connectivity index (χ2n) is 11.8. The number of fused-ring (bicyclic) bond motifs is 1. The number of rotatable bonds is 5. The Balaban J connectivity index is 0.00000165. The zero-order valence-corrected chi connectivity index (χ0v) is 25.2. The normalized spacial score (nSPS) is 23.3. The molecule has 1 aliphatic carbocycles. The molecule has 2 heterocycles. The van der Waals surface area contributed by atoms with Gasteiger partial charge >= 0.3 is 0 Å². The number of ether oxygens (including phenoxy) is 2. The molecule has 2 unspecified atom stereocenters. The smallest absolute Gasteiger partial charge is 0.147 e. The lowest BCUT2D eigenvalue weighted by atomic mass is 9.69. The lowest BCUT2D eigenvalue weighted by Crippen LogP contribution is -2.49. The number of hydrogen-bond donors (Lipinski definition) is 1. The van der Waals surface area contributed by atoms with Gasteiger partial charge in [0, 0.05) is 30.6 Å². The average molecular weight is 560 g/mol. The Hall–Kier alpha value is -3.05. The van der Waals surface area contributed by atoms with Crippen molar-refractivity contribution < 1.29 is 19.0 Å². The van der Waals surface area contributed by atoms with E-state index in [2.05, 4.69) is 36.1 Å². The molecule has 3 aliphatic rings. The zero-order valence-electron chi connectivity index (χ0n) is 25.2. The molecule has 6 rings (SSSR count). The average Bonchev–Trinajstić information content (AvgIpc) is 3.02. The number of phenolic OH excluding ortho intramolecular Hbond substituents is 1. The molecule has 1 N–H and O–H groups in total. The molecular weight excluding hydrogens is 513 g/mol. The van der Waals surface area contributed by atoms with Crippen LogP contribution in [0, 0.1) is 11.7 Å². The van der Waals surface area contributed by atoms with Gasteiger partial charge in [-0.3, -0.25) is 0 Å². The van der Waals surface area contributed by atoms with E-state index in [9.17, 15) is 5.11 Å². The van der Waals surface area contributed by atoms with Crippen LogP contribution in [0.15, 0.2) is 60.7 Å². The van der Waals surface area contributed by atoms with Gasteiger partial charge in [0.15, 0.2) is 0 Å². The van der Waals surface area contributed by atoms with Crippen molar-refractivity contribution in [1.29, 1.82) is 0 Å². The van der Waals surface area contributed by atoms with Crippen molar-refractivity contribution in [3.05, 3.63) is 88.7 Å². The molecular formula is C36H46FNO3. The molecule has 5 heteroatoms. The first-order chi connectivity index (χ1) is 20.0. The van der Waals surface area contributed by atoms with Gasteiger partial charge in [0.25, 0.3) is 0 Å². The monoisotopic (exact) mass is 559 g/mol. The van der Waals surface area contributed by atoms with Crippen LogP contribution in [0.2, 0.25) is 0 Å². The van der Waals surface area contributed by atoms with Crippen molar-refractivity contribution in [2.24, 2.45) is 5.92 Å². The fourth-order valence-electron chi connectivity index (χ4n) is 7.26. The SMILES string of the molecule is CC.CC[C@@H]1CCC2(CCN(c3cc(OC)c(C4c5ccc(O)cc5CCC4c4ccccc4)cc3F)CC2)OC1. The molecule has 1 spiro atoms. The van der Waals surface area contributed by atoms with Gasteiger partial charge in [0.05, 0.1) is 25.0 Å². The summed E-state index contributed by atoms with van der Waals surface area (Å²) in [5, 5.41) is 10.2. The van der Waals surface area contributed by atoms with Gasteiger partial charge in [-0.2, -0.15) is 0 Å². The fraction of sp³-hybridized carbons (Fsp3) is 0.500. The topological polar surface area (TPSA) is 41.9 Å². The van der Waals surface area contributed by atoms with Crippen molar-refractivity contribution in [3.8, 4) is 11.5 Å². The quantitative estimate of drug-likeness (QED) is 0.340. The number of hydrogen-bond acceptors (Lipinski definition) is 4. The molecule has 2 saturated heterocycles. The van der Waals surface area contributed by atoms with Crippen molar-refractivity contribution >= 4 is 5.69 Å². The molecule has 41 heavy (non-hydrogen) atoms. The van der Waals surface area contributed by atoms with E-state index in [0.29, 0.717) is 11.6 Å². The zero-order chi connectivity index (χ0) is 29.0. The lowest BCUT2D eigenvalue weighted by Gasteiger charge is -2.46. The Bertz CT molecular complexity index is 1290. The number of aryl methyl sites for hydroxylation is 1. The molecule has 220 valence electrons. The number of halogens is 1. The molecule has 0 bridgehead atoms. The predicted molar refractivity (Wildman–Crippen MR) is 165 cm³/mol. The highest BCUT2D eigenvalue weighted by Gasteiger charge is 2.40. The minimum Gasteiger partial charge on any atom is -0.508 e. The van der Waals surface area contributed by atoms with Crippen LogP contribution in [0.4, 0.5) is 10.1 Å². The molecule has 0 aromatic heterocycles. The molecule has 2 aliphatic heterocycles. The molecule has 0 saturated carbocycles. The van der Waals surface area contributed by atoms with Crippen LogP contribution < -0.4 is 9.64 Å². The second kappa shape index (κ2) is 12.9. The third kappa shape index (κ3) is 5.97. The number of nitrogens with zero attached hydrogens (tertiary/aromatic N) is 1. The first-order valence-corrected chi connectivity index (χ1v) is 15.6. The second-order valence-corrected chi connectivity index (χ2v) is 11.8. The summed E-state index contributed by atoms with van der Waals surface area (Å²) < 4.78 is 28.4. The maximum atomic E-state index is 16.0.